The highest BCUT2D eigenvalue weighted by Gasteiger charge is 2.44. The Hall–Kier alpha value is -3.43. The van der Waals surface area contributed by atoms with Crippen molar-refractivity contribution in [2.24, 2.45) is 5.73 Å². The average Bonchev–Trinajstić information content (AvgIpc) is 2.84. The zero-order chi connectivity index (χ0) is 21.9. The smallest absolute Gasteiger partial charge is 0.407 e. The van der Waals surface area contributed by atoms with Crippen molar-refractivity contribution in [2.45, 2.75) is 51.8 Å². The number of ether oxygens (including phenoxy) is 1. The number of carboxylic acids is 1. The highest BCUT2D eigenvalue weighted by Crippen LogP contribution is 2.29. The van der Waals surface area contributed by atoms with Crippen LogP contribution in [-0.2, 0) is 20.9 Å². The molecule has 0 aromatic heterocycles. The molecule has 1 aliphatic rings. The van der Waals surface area contributed by atoms with Crippen molar-refractivity contribution in [3.05, 3.63) is 34.9 Å². The average molecular weight is 405 g/mol. The van der Waals surface area contributed by atoms with Gasteiger partial charge in [-0.05, 0) is 38.8 Å². The molecule has 156 valence electrons. The van der Waals surface area contributed by atoms with Gasteiger partial charge in [0.05, 0.1) is 11.1 Å². The molecule has 2 rings (SSSR count). The second-order valence-corrected chi connectivity index (χ2v) is 7.53. The monoisotopic (exact) mass is 405 g/mol. The minimum atomic E-state index is -1.53. The Labute approximate surface area is 167 Å². The number of amides is 4. The number of benzene rings is 1. The van der Waals surface area contributed by atoms with E-state index in [4.69, 9.17) is 10.5 Å². The summed E-state index contributed by atoms with van der Waals surface area (Å²) in [7, 11) is 0. The molecule has 0 fully saturated rings. The summed E-state index contributed by atoms with van der Waals surface area (Å²) in [5, 5.41) is 11.9. The van der Waals surface area contributed by atoms with Gasteiger partial charge in [0, 0.05) is 13.0 Å². The molecule has 4 N–H and O–H groups in total. The Bertz CT molecular complexity index is 873. The predicted octanol–water partition coefficient (Wildman–Crippen LogP) is 1.03. The van der Waals surface area contributed by atoms with Crippen LogP contribution in [0.2, 0.25) is 0 Å². The summed E-state index contributed by atoms with van der Waals surface area (Å²) in [6.45, 7) is 5.00. The molecule has 1 heterocycles. The molecule has 1 aliphatic heterocycles. The van der Waals surface area contributed by atoms with Crippen LogP contribution in [0.5, 0.6) is 0 Å². The number of hydrogen-bond donors (Lipinski definition) is 3. The lowest BCUT2D eigenvalue weighted by Gasteiger charge is -2.22. The SMILES string of the molecule is CC(C)(C)OC(=O)NCc1cccc2c1C(=O)N([C@@H](CCC(N)=O)C(=O)O)C2=O. The Morgan fingerprint density at radius 1 is 1.21 bits per heavy atom. The summed E-state index contributed by atoms with van der Waals surface area (Å²) in [5.74, 6) is -3.74. The van der Waals surface area contributed by atoms with Crippen molar-refractivity contribution in [1.82, 2.24) is 10.2 Å². The van der Waals surface area contributed by atoms with Gasteiger partial charge in [0.1, 0.15) is 11.6 Å². The maximum Gasteiger partial charge on any atom is 0.407 e. The summed E-state index contributed by atoms with van der Waals surface area (Å²) in [6, 6.07) is 2.95. The molecule has 1 aromatic carbocycles. The number of primary amides is 1. The molecule has 4 amide bonds. The van der Waals surface area contributed by atoms with Crippen LogP contribution in [0.25, 0.3) is 0 Å². The molecule has 0 aliphatic carbocycles. The Morgan fingerprint density at radius 2 is 1.86 bits per heavy atom. The van der Waals surface area contributed by atoms with E-state index in [1.54, 1.807) is 26.8 Å². The van der Waals surface area contributed by atoms with E-state index in [9.17, 15) is 29.1 Å². The van der Waals surface area contributed by atoms with E-state index in [1.807, 2.05) is 0 Å². The normalized spacial score (nSPS) is 14.4. The number of fused-ring (bicyclic) bond motifs is 1. The molecule has 0 saturated carbocycles. The molecule has 10 heteroatoms. The predicted molar refractivity (Wildman–Crippen MR) is 99.9 cm³/mol. The standard InChI is InChI=1S/C19H23N3O7/c1-19(2,3)29-18(28)21-9-10-5-4-6-11-14(10)16(25)22(15(11)24)12(17(26)27)7-8-13(20)23/h4-6,12H,7-9H2,1-3H3,(H2,20,23)(H,21,28)(H,26,27)/t12-/m0/s1. The van der Waals surface area contributed by atoms with Crippen LogP contribution in [0.15, 0.2) is 18.2 Å². The molecule has 10 nitrogen and oxygen atoms in total. The number of carbonyl (C=O) groups is 5. The molecule has 0 spiro atoms. The van der Waals surface area contributed by atoms with Gasteiger partial charge >= 0.3 is 12.1 Å². The molecule has 0 radical (unpaired) electrons. The van der Waals surface area contributed by atoms with E-state index in [2.05, 4.69) is 5.32 Å². The number of rotatable bonds is 7. The van der Waals surface area contributed by atoms with Crippen molar-refractivity contribution < 1.29 is 33.8 Å². The maximum atomic E-state index is 12.9. The fourth-order valence-corrected chi connectivity index (χ4v) is 2.93. The van der Waals surface area contributed by atoms with Gasteiger partial charge in [-0.25, -0.2) is 9.59 Å². The third-order valence-corrected chi connectivity index (χ3v) is 4.12. The van der Waals surface area contributed by atoms with Gasteiger partial charge in [-0.2, -0.15) is 0 Å². The number of carbonyl (C=O) groups excluding carboxylic acids is 4. The van der Waals surface area contributed by atoms with Gasteiger partial charge in [0.25, 0.3) is 11.8 Å². The quantitative estimate of drug-likeness (QED) is 0.572. The van der Waals surface area contributed by atoms with Gasteiger partial charge in [-0.15, -0.1) is 0 Å². The van der Waals surface area contributed by atoms with Gasteiger partial charge < -0.3 is 20.9 Å². The number of imide groups is 1. The highest BCUT2D eigenvalue weighted by molar-refractivity contribution is 6.23. The summed E-state index contributed by atoms with van der Waals surface area (Å²) in [5.41, 5.74) is 4.73. The van der Waals surface area contributed by atoms with E-state index >= 15 is 0 Å². The number of alkyl carbamates (subject to hydrolysis) is 1. The summed E-state index contributed by atoms with van der Waals surface area (Å²) in [6.07, 6.45) is -1.28. The molecule has 0 saturated heterocycles. The Morgan fingerprint density at radius 3 is 2.41 bits per heavy atom. The lowest BCUT2D eigenvalue weighted by atomic mass is 10.0. The number of nitrogens with one attached hydrogen (secondary N) is 1. The third-order valence-electron chi connectivity index (χ3n) is 4.12. The van der Waals surface area contributed by atoms with Crippen molar-refractivity contribution in [1.29, 1.82) is 0 Å². The summed E-state index contributed by atoms with van der Waals surface area (Å²) in [4.78, 5) is 60.7. The second-order valence-electron chi connectivity index (χ2n) is 7.53. The van der Waals surface area contributed by atoms with Crippen molar-refractivity contribution >= 4 is 29.8 Å². The molecule has 0 bridgehead atoms. The van der Waals surface area contributed by atoms with E-state index in [0.717, 1.165) is 0 Å². The molecular formula is C19H23N3O7. The largest absolute Gasteiger partial charge is 0.480 e. The van der Waals surface area contributed by atoms with Crippen molar-refractivity contribution in [2.75, 3.05) is 0 Å². The number of hydrogen-bond acceptors (Lipinski definition) is 6. The van der Waals surface area contributed by atoms with E-state index < -0.39 is 41.4 Å². The number of nitrogens with two attached hydrogens (primary N) is 1. The van der Waals surface area contributed by atoms with Crippen LogP contribution in [-0.4, -0.2) is 51.4 Å². The first kappa shape index (κ1) is 21.9. The Balaban J connectivity index is 2.27. The van der Waals surface area contributed by atoms with Gasteiger partial charge in [-0.3, -0.25) is 19.3 Å². The van der Waals surface area contributed by atoms with E-state index in [0.29, 0.717) is 10.5 Å². The minimum Gasteiger partial charge on any atom is -0.480 e. The first-order valence-corrected chi connectivity index (χ1v) is 8.90. The van der Waals surface area contributed by atoms with E-state index in [1.165, 1.54) is 12.1 Å². The fraction of sp³-hybridized carbons (Fsp3) is 0.421. The van der Waals surface area contributed by atoms with Crippen molar-refractivity contribution in [3.8, 4) is 0 Å². The molecule has 0 unspecified atom stereocenters. The van der Waals surface area contributed by atoms with Crippen molar-refractivity contribution in [3.63, 3.8) is 0 Å². The zero-order valence-corrected chi connectivity index (χ0v) is 16.4. The second kappa shape index (κ2) is 8.29. The zero-order valence-electron chi connectivity index (χ0n) is 16.4. The van der Waals surface area contributed by atoms with Gasteiger partial charge in [-0.1, -0.05) is 12.1 Å². The first-order chi connectivity index (χ1) is 13.4. The minimum absolute atomic E-state index is 0.0129. The van der Waals surface area contributed by atoms with Crippen LogP contribution in [0, 0.1) is 0 Å². The lowest BCUT2D eigenvalue weighted by Crippen LogP contribution is -2.45. The van der Waals surface area contributed by atoms with Gasteiger partial charge in [0.15, 0.2) is 0 Å². The van der Waals surface area contributed by atoms with Crippen LogP contribution in [0.4, 0.5) is 4.79 Å². The van der Waals surface area contributed by atoms with Crippen LogP contribution in [0.1, 0.15) is 59.9 Å². The summed E-state index contributed by atoms with van der Waals surface area (Å²) < 4.78 is 5.14. The fourth-order valence-electron chi connectivity index (χ4n) is 2.93. The van der Waals surface area contributed by atoms with Crippen LogP contribution in [0.3, 0.4) is 0 Å². The van der Waals surface area contributed by atoms with Crippen LogP contribution < -0.4 is 11.1 Å². The Kier molecular flexibility index (Phi) is 6.25. The molecule has 29 heavy (non-hydrogen) atoms. The molecule has 1 aromatic rings. The first-order valence-electron chi connectivity index (χ1n) is 8.90. The number of nitrogens with zero attached hydrogens (tertiary/aromatic N) is 1. The lowest BCUT2D eigenvalue weighted by molar-refractivity contribution is -0.141. The molecule has 1 atom stereocenters. The summed E-state index contributed by atoms with van der Waals surface area (Å²) >= 11 is 0. The van der Waals surface area contributed by atoms with Gasteiger partial charge in [0.2, 0.25) is 5.91 Å². The van der Waals surface area contributed by atoms with E-state index in [-0.39, 0.29) is 30.5 Å². The highest BCUT2D eigenvalue weighted by atomic mass is 16.6. The molecular weight excluding hydrogens is 382 g/mol. The maximum absolute atomic E-state index is 12.9. The van der Waals surface area contributed by atoms with Crippen LogP contribution >= 0.6 is 0 Å². The number of aliphatic carboxylic acids is 1. The third kappa shape index (κ3) is 5.09. The number of carboxylic acid groups (broad SMARTS) is 1. The topological polar surface area (TPSA) is 156 Å².